The number of likely N-dealkylation sites (tertiary alicyclic amines) is 2. The predicted molar refractivity (Wildman–Crippen MR) is 139 cm³/mol. The fourth-order valence-electron chi connectivity index (χ4n) is 3.82. The van der Waals surface area contributed by atoms with Crippen molar-refractivity contribution in [3.8, 4) is 0 Å². The molecule has 0 radical (unpaired) electrons. The molecule has 0 aromatic rings. The number of aliphatic carboxylic acids is 1. The third-order valence-corrected chi connectivity index (χ3v) is 6.12. The van der Waals surface area contributed by atoms with Gasteiger partial charge in [0.2, 0.25) is 17.7 Å². The first-order valence-electron chi connectivity index (χ1n) is 12.7. The van der Waals surface area contributed by atoms with E-state index in [4.69, 9.17) is 5.11 Å². The van der Waals surface area contributed by atoms with E-state index in [0.717, 1.165) is 25.7 Å². The van der Waals surface area contributed by atoms with Crippen molar-refractivity contribution in [3.63, 3.8) is 0 Å². The largest absolute Gasteiger partial charge is 0.480 e. The van der Waals surface area contributed by atoms with Gasteiger partial charge in [-0.2, -0.15) is 0 Å². The normalized spacial score (nSPS) is 19.7. The molecule has 14 nitrogen and oxygen atoms in total. The standard InChI is InChI=1S/C13H24N4O3.C11H19N3O4/c1-15(2)11(18)9-17-8-6-5-7-10(12(17)19)14-13(20)16(3)4;1-13(2)11(18)12-8-5-3-4-6-14(10(8)17)7-9(15)16/h10H,5-9H2,1-4H3,(H,14,20);8H,3-7H2,1-2H3,(H,12,18)(H,15,16)/t;8-/m.0/s1. The number of nitrogens with one attached hydrogen (secondary N) is 2. The van der Waals surface area contributed by atoms with Crippen molar-refractivity contribution in [1.29, 1.82) is 0 Å². The molecular weight excluding hydrogens is 498 g/mol. The predicted octanol–water partition coefficient (Wildman–Crippen LogP) is -0.550. The van der Waals surface area contributed by atoms with E-state index in [1.165, 1.54) is 24.5 Å². The van der Waals surface area contributed by atoms with Gasteiger partial charge in [-0.15, -0.1) is 0 Å². The van der Waals surface area contributed by atoms with Gasteiger partial charge in [-0.3, -0.25) is 19.2 Å². The molecule has 2 fully saturated rings. The van der Waals surface area contributed by atoms with Gasteiger partial charge in [0.25, 0.3) is 0 Å². The summed E-state index contributed by atoms with van der Waals surface area (Å²) >= 11 is 0. The summed E-state index contributed by atoms with van der Waals surface area (Å²) in [6.07, 6.45) is 4.42. The number of urea groups is 2. The van der Waals surface area contributed by atoms with E-state index in [9.17, 15) is 28.8 Å². The zero-order chi connectivity index (χ0) is 29.0. The van der Waals surface area contributed by atoms with Crippen LogP contribution >= 0.6 is 0 Å². The van der Waals surface area contributed by atoms with E-state index < -0.39 is 18.1 Å². The van der Waals surface area contributed by atoms with Crippen LogP contribution in [0.15, 0.2) is 0 Å². The van der Waals surface area contributed by atoms with E-state index in [-0.39, 0.29) is 42.9 Å². The van der Waals surface area contributed by atoms with Crippen molar-refractivity contribution in [2.24, 2.45) is 0 Å². The summed E-state index contributed by atoms with van der Waals surface area (Å²) in [7, 11) is 9.76. The summed E-state index contributed by atoms with van der Waals surface area (Å²) < 4.78 is 0. The Morgan fingerprint density at radius 2 is 1.11 bits per heavy atom. The molecule has 14 heteroatoms. The number of carbonyl (C=O) groups is 6. The molecule has 2 rings (SSSR count). The Kier molecular flexibility index (Phi) is 13.3. The van der Waals surface area contributed by atoms with Crippen LogP contribution in [0.25, 0.3) is 0 Å². The van der Waals surface area contributed by atoms with Gasteiger partial charge < -0.3 is 40.2 Å². The third-order valence-electron chi connectivity index (χ3n) is 6.12. The van der Waals surface area contributed by atoms with E-state index in [1.807, 2.05) is 0 Å². The average molecular weight is 542 g/mol. The van der Waals surface area contributed by atoms with Crippen LogP contribution < -0.4 is 10.6 Å². The third kappa shape index (κ3) is 10.8. The quantitative estimate of drug-likeness (QED) is 0.406. The maximum atomic E-state index is 12.4. The van der Waals surface area contributed by atoms with Gasteiger partial charge >= 0.3 is 18.0 Å². The minimum absolute atomic E-state index is 0.0696. The molecule has 0 aliphatic carbocycles. The van der Waals surface area contributed by atoms with Gasteiger partial charge in [0.1, 0.15) is 18.6 Å². The first-order valence-corrected chi connectivity index (χ1v) is 12.7. The minimum Gasteiger partial charge on any atom is -0.480 e. The molecular formula is C24H43N7O7. The molecule has 7 amide bonds. The lowest BCUT2D eigenvalue weighted by molar-refractivity contribution is -0.144. The van der Waals surface area contributed by atoms with Crippen LogP contribution in [0.4, 0.5) is 9.59 Å². The zero-order valence-electron chi connectivity index (χ0n) is 23.4. The number of hydrogen-bond donors (Lipinski definition) is 3. The number of carboxylic acid groups (broad SMARTS) is 1. The van der Waals surface area contributed by atoms with Crippen LogP contribution in [-0.2, 0) is 19.2 Å². The fraction of sp³-hybridized carbons (Fsp3) is 0.750. The highest BCUT2D eigenvalue weighted by atomic mass is 16.4. The summed E-state index contributed by atoms with van der Waals surface area (Å²) in [6, 6.07) is -1.79. The van der Waals surface area contributed by atoms with E-state index in [2.05, 4.69) is 10.6 Å². The molecule has 38 heavy (non-hydrogen) atoms. The Morgan fingerprint density at radius 1 is 0.711 bits per heavy atom. The Bertz CT molecular complexity index is 829. The number of carbonyl (C=O) groups excluding carboxylic acids is 5. The van der Waals surface area contributed by atoms with Gasteiger partial charge in [-0.1, -0.05) is 0 Å². The first-order chi connectivity index (χ1) is 17.7. The van der Waals surface area contributed by atoms with Gasteiger partial charge in [0, 0.05) is 55.4 Å². The van der Waals surface area contributed by atoms with Gasteiger partial charge in [-0.25, -0.2) is 9.59 Å². The number of rotatable bonds is 6. The minimum atomic E-state index is -1.04. The zero-order valence-corrected chi connectivity index (χ0v) is 23.4. The monoisotopic (exact) mass is 541 g/mol. The van der Waals surface area contributed by atoms with Crippen LogP contribution in [0.3, 0.4) is 0 Å². The van der Waals surface area contributed by atoms with Gasteiger partial charge in [0.15, 0.2) is 0 Å². The summed E-state index contributed by atoms with van der Waals surface area (Å²) in [5, 5.41) is 14.1. The van der Waals surface area contributed by atoms with Crippen molar-refractivity contribution < 1.29 is 33.9 Å². The lowest BCUT2D eigenvalue weighted by atomic mass is 10.1. The maximum Gasteiger partial charge on any atom is 0.323 e. The van der Waals surface area contributed by atoms with E-state index >= 15 is 0 Å². The molecule has 2 heterocycles. The fourth-order valence-corrected chi connectivity index (χ4v) is 3.82. The molecule has 216 valence electrons. The van der Waals surface area contributed by atoms with Gasteiger partial charge in [-0.05, 0) is 38.5 Å². The first kappa shape index (κ1) is 32.4. The number of nitrogens with zero attached hydrogens (tertiary/aromatic N) is 5. The lowest BCUT2D eigenvalue weighted by Crippen LogP contribution is -2.51. The smallest absolute Gasteiger partial charge is 0.323 e. The topological polar surface area (TPSA) is 163 Å². The summed E-state index contributed by atoms with van der Waals surface area (Å²) in [5.41, 5.74) is 0. The molecule has 2 aliphatic rings. The van der Waals surface area contributed by atoms with Crippen LogP contribution in [0.5, 0.6) is 0 Å². The van der Waals surface area contributed by atoms with Crippen molar-refractivity contribution in [3.05, 3.63) is 0 Å². The van der Waals surface area contributed by atoms with Crippen LogP contribution in [0, 0.1) is 0 Å². The number of hydrogen-bond acceptors (Lipinski definition) is 6. The van der Waals surface area contributed by atoms with Crippen LogP contribution in [0.2, 0.25) is 0 Å². The van der Waals surface area contributed by atoms with Crippen LogP contribution in [0.1, 0.15) is 38.5 Å². The number of likely N-dealkylation sites (N-methyl/N-ethyl adjacent to an activating group) is 1. The Hall–Kier alpha value is -3.58. The molecule has 0 aromatic carbocycles. The highest BCUT2D eigenvalue weighted by molar-refractivity contribution is 5.90. The molecule has 3 N–H and O–H groups in total. The molecule has 0 bridgehead atoms. The molecule has 2 saturated heterocycles. The lowest BCUT2D eigenvalue weighted by Gasteiger charge is -2.26. The number of carboxylic acids is 1. The molecule has 0 spiro atoms. The maximum absolute atomic E-state index is 12.4. The highest BCUT2D eigenvalue weighted by Gasteiger charge is 2.31. The number of amides is 7. The second-order valence-corrected chi connectivity index (χ2v) is 9.99. The highest BCUT2D eigenvalue weighted by Crippen LogP contribution is 2.13. The Morgan fingerprint density at radius 3 is 1.45 bits per heavy atom. The molecule has 1 unspecified atom stereocenters. The van der Waals surface area contributed by atoms with Crippen molar-refractivity contribution >= 4 is 35.8 Å². The molecule has 0 saturated carbocycles. The molecule has 2 atom stereocenters. The second kappa shape index (κ2) is 15.6. The average Bonchev–Trinajstić information content (AvgIpc) is 3.10. The van der Waals surface area contributed by atoms with Crippen molar-refractivity contribution in [1.82, 2.24) is 35.1 Å². The summed E-state index contributed by atoms with van der Waals surface area (Å²) in [5.74, 6) is -1.64. The summed E-state index contributed by atoms with van der Waals surface area (Å²) in [6.45, 7) is 0.750. The second-order valence-electron chi connectivity index (χ2n) is 9.99. The Labute approximate surface area is 224 Å². The SMILES string of the molecule is CN(C)C(=O)CN1CCCCC(NC(=O)N(C)C)C1=O.CN(C)C(=O)N[C@H]1CCCCN(CC(=O)O)C1=O. The van der Waals surface area contributed by atoms with E-state index in [1.54, 1.807) is 42.3 Å². The molecule has 0 aromatic heterocycles. The van der Waals surface area contributed by atoms with Crippen molar-refractivity contribution in [2.75, 3.05) is 68.5 Å². The van der Waals surface area contributed by atoms with E-state index in [0.29, 0.717) is 25.9 Å². The Balaban J connectivity index is 0.000000382. The summed E-state index contributed by atoms with van der Waals surface area (Å²) in [4.78, 5) is 77.1. The van der Waals surface area contributed by atoms with Gasteiger partial charge in [0.05, 0.1) is 6.54 Å². The van der Waals surface area contributed by atoms with Crippen molar-refractivity contribution in [2.45, 2.75) is 50.6 Å². The van der Waals surface area contributed by atoms with Crippen LogP contribution in [-0.4, -0.2) is 146 Å². The molecule has 2 aliphatic heterocycles.